The zero-order chi connectivity index (χ0) is 14.8. The molecule has 0 aliphatic heterocycles. The summed E-state index contributed by atoms with van der Waals surface area (Å²) in [6, 6.07) is -0.141. The van der Waals surface area contributed by atoms with Crippen LogP contribution >= 0.6 is 0 Å². The van der Waals surface area contributed by atoms with Crippen LogP contribution < -0.4 is 0 Å². The fourth-order valence-corrected chi connectivity index (χ4v) is 2.75. The SMILES string of the molecule is [Cu].[O-][N+](=NO)C1CCCCC1.[O-][N+](=NO)C1CCCCC1. The Labute approximate surface area is 135 Å². The monoisotopic (exact) mass is 351 g/mol. The van der Waals surface area contributed by atoms with Crippen molar-refractivity contribution in [1.82, 2.24) is 0 Å². The van der Waals surface area contributed by atoms with E-state index >= 15 is 0 Å². The van der Waals surface area contributed by atoms with Gasteiger partial charge in [0.2, 0.25) is 0 Å². The van der Waals surface area contributed by atoms with Gasteiger partial charge in [-0.1, -0.05) is 22.6 Å². The van der Waals surface area contributed by atoms with E-state index in [1.165, 1.54) is 12.8 Å². The number of hydrogen-bond acceptors (Lipinski definition) is 4. The Balaban J connectivity index is 0.000000364. The molecule has 0 aromatic heterocycles. The van der Waals surface area contributed by atoms with Gasteiger partial charge in [0.05, 0.1) is 0 Å². The van der Waals surface area contributed by atoms with Crippen LogP contribution in [0.1, 0.15) is 64.2 Å². The van der Waals surface area contributed by atoms with Crippen molar-refractivity contribution in [2.75, 3.05) is 0 Å². The molecule has 0 amide bonds. The summed E-state index contributed by atoms with van der Waals surface area (Å²) < 4.78 is 0. The number of nitrogens with zero attached hydrogens (tertiary/aromatic N) is 4. The summed E-state index contributed by atoms with van der Waals surface area (Å²) in [5.41, 5.74) is 0. The second kappa shape index (κ2) is 11.6. The Kier molecular flexibility index (Phi) is 11.0. The Morgan fingerprint density at radius 2 is 0.952 bits per heavy atom. The molecule has 2 rings (SSSR count). The summed E-state index contributed by atoms with van der Waals surface area (Å²) in [5, 5.41) is 42.8. The van der Waals surface area contributed by atoms with Crippen LogP contribution in [0.2, 0.25) is 0 Å². The normalized spacial score (nSPS) is 21.9. The molecule has 0 aromatic rings. The summed E-state index contributed by atoms with van der Waals surface area (Å²) in [6.07, 6.45) is 10.2. The van der Waals surface area contributed by atoms with Crippen LogP contribution in [0.15, 0.2) is 10.6 Å². The fourth-order valence-electron chi connectivity index (χ4n) is 2.75. The molecule has 0 atom stereocenters. The van der Waals surface area contributed by atoms with Gasteiger partial charge in [-0.3, -0.25) is 0 Å². The second-order valence-corrected chi connectivity index (χ2v) is 5.37. The third-order valence-corrected chi connectivity index (χ3v) is 3.95. The summed E-state index contributed by atoms with van der Waals surface area (Å²) in [4.78, 5) is 0.832. The van der Waals surface area contributed by atoms with Crippen LogP contribution in [0.4, 0.5) is 0 Å². The van der Waals surface area contributed by atoms with E-state index in [9.17, 15) is 10.4 Å². The quantitative estimate of drug-likeness (QED) is 0.343. The molecule has 2 aliphatic rings. The van der Waals surface area contributed by atoms with E-state index in [1.54, 1.807) is 0 Å². The Morgan fingerprint density at radius 3 is 1.19 bits per heavy atom. The van der Waals surface area contributed by atoms with E-state index in [4.69, 9.17) is 10.4 Å². The van der Waals surface area contributed by atoms with Crippen molar-refractivity contribution >= 4 is 0 Å². The van der Waals surface area contributed by atoms with Gasteiger partial charge in [-0.25, -0.2) is 0 Å². The molecule has 9 heteroatoms. The van der Waals surface area contributed by atoms with Gasteiger partial charge in [0.25, 0.3) is 0 Å². The third-order valence-electron chi connectivity index (χ3n) is 3.95. The van der Waals surface area contributed by atoms with Crippen molar-refractivity contribution in [3.8, 4) is 0 Å². The van der Waals surface area contributed by atoms with E-state index in [2.05, 4.69) is 10.6 Å². The van der Waals surface area contributed by atoms with Crippen LogP contribution in [0, 0.1) is 10.4 Å². The topological polar surface area (TPSA) is 117 Å². The van der Waals surface area contributed by atoms with E-state index < -0.39 is 0 Å². The molecule has 0 bridgehead atoms. The van der Waals surface area contributed by atoms with Gasteiger partial charge < -0.3 is 20.8 Å². The van der Waals surface area contributed by atoms with Crippen LogP contribution in [-0.4, -0.2) is 32.2 Å². The van der Waals surface area contributed by atoms with Crippen molar-refractivity contribution < 1.29 is 37.2 Å². The second-order valence-electron chi connectivity index (χ2n) is 5.37. The summed E-state index contributed by atoms with van der Waals surface area (Å²) in [5.74, 6) is 0. The minimum atomic E-state index is -0.0706. The maximum atomic E-state index is 10.7. The molecule has 127 valence electrons. The molecule has 21 heavy (non-hydrogen) atoms. The molecule has 2 saturated carbocycles. The van der Waals surface area contributed by atoms with Gasteiger partial charge in [0, 0.05) is 42.8 Å². The van der Waals surface area contributed by atoms with Gasteiger partial charge in [0.1, 0.15) is 0 Å². The first kappa shape index (κ1) is 19.9. The Morgan fingerprint density at radius 1 is 0.667 bits per heavy atom. The van der Waals surface area contributed by atoms with Crippen molar-refractivity contribution in [1.29, 1.82) is 0 Å². The molecule has 2 aliphatic carbocycles. The van der Waals surface area contributed by atoms with E-state index in [0.717, 1.165) is 51.4 Å². The molecular formula is C12H24CuN4O4. The van der Waals surface area contributed by atoms with Gasteiger partial charge in [-0.05, 0) is 25.7 Å². The van der Waals surface area contributed by atoms with Crippen molar-refractivity contribution in [3.05, 3.63) is 10.4 Å². The molecule has 0 heterocycles. The standard InChI is InChI=1S/2C6H12N2O2.Cu/c2*9-7-8(10)6-4-2-1-3-5-6;/h2*6,9H,1-5H2;. The Hall–Kier alpha value is -1.08. The third kappa shape index (κ3) is 7.47. The summed E-state index contributed by atoms with van der Waals surface area (Å²) in [7, 11) is 0. The average Bonchev–Trinajstić information content (AvgIpc) is 2.55. The van der Waals surface area contributed by atoms with Gasteiger partial charge in [-0.15, -0.1) is 0 Å². The number of hydroxylamine groups is 2. The average molecular weight is 352 g/mol. The zero-order valence-electron chi connectivity index (χ0n) is 12.0. The van der Waals surface area contributed by atoms with Gasteiger partial charge in [-0.2, -0.15) is 0 Å². The minimum absolute atomic E-state index is 0. The zero-order valence-corrected chi connectivity index (χ0v) is 13.0. The maximum absolute atomic E-state index is 10.7. The predicted molar refractivity (Wildman–Crippen MR) is 69.4 cm³/mol. The molecule has 1 radical (unpaired) electrons. The van der Waals surface area contributed by atoms with E-state index in [-0.39, 0.29) is 29.2 Å². The molecule has 8 nitrogen and oxygen atoms in total. The molecule has 2 N–H and O–H groups in total. The molecule has 0 spiro atoms. The number of hydrogen-bond donors (Lipinski definition) is 2. The van der Waals surface area contributed by atoms with Crippen LogP contribution in [0.5, 0.6) is 0 Å². The first-order valence-electron chi connectivity index (χ1n) is 7.31. The Bertz CT molecular complexity index is 297. The van der Waals surface area contributed by atoms with Crippen molar-refractivity contribution in [3.63, 3.8) is 0 Å². The maximum Gasteiger partial charge on any atom is 0.197 e. The molecule has 0 saturated heterocycles. The minimum Gasteiger partial charge on any atom is -0.597 e. The molecule has 2 fully saturated rings. The molecule has 0 aromatic carbocycles. The van der Waals surface area contributed by atoms with E-state index in [1.807, 2.05) is 0 Å². The first-order valence-corrected chi connectivity index (χ1v) is 7.31. The predicted octanol–water partition coefficient (Wildman–Crippen LogP) is 3.34. The van der Waals surface area contributed by atoms with Crippen LogP contribution in [0.25, 0.3) is 0 Å². The molecule has 0 unspecified atom stereocenters. The smallest absolute Gasteiger partial charge is 0.197 e. The van der Waals surface area contributed by atoms with Gasteiger partial charge in [0.15, 0.2) is 22.6 Å². The summed E-state index contributed by atoms with van der Waals surface area (Å²) in [6.45, 7) is 0. The first-order chi connectivity index (χ1) is 9.69. The van der Waals surface area contributed by atoms with Crippen molar-refractivity contribution in [2.24, 2.45) is 10.6 Å². The van der Waals surface area contributed by atoms with Crippen molar-refractivity contribution in [2.45, 2.75) is 76.3 Å². The molecular weight excluding hydrogens is 328 g/mol. The fraction of sp³-hybridized carbons (Fsp3) is 1.00. The van der Waals surface area contributed by atoms with Crippen LogP contribution in [0.3, 0.4) is 0 Å². The van der Waals surface area contributed by atoms with Gasteiger partial charge >= 0.3 is 0 Å². The van der Waals surface area contributed by atoms with Crippen LogP contribution in [-0.2, 0) is 17.1 Å². The largest absolute Gasteiger partial charge is 0.597 e. The number of rotatable bonds is 2. The summed E-state index contributed by atoms with van der Waals surface area (Å²) >= 11 is 0. The van der Waals surface area contributed by atoms with E-state index in [0.29, 0.717) is 9.72 Å².